The Bertz CT molecular complexity index is 636. The summed E-state index contributed by atoms with van der Waals surface area (Å²) in [5, 5.41) is 3.48. The second kappa shape index (κ2) is 5.96. The van der Waals surface area contributed by atoms with Gasteiger partial charge in [0.05, 0.1) is 13.0 Å². The Morgan fingerprint density at radius 1 is 1.24 bits per heavy atom. The summed E-state index contributed by atoms with van der Waals surface area (Å²) in [7, 11) is 0. The summed E-state index contributed by atoms with van der Waals surface area (Å²) in [5.41, 5.74) is 2.46. The summed E-state index contributed by atoms with van der Waals surface area (Å²) in [6, 6.07) is 7.85. The Hall–Kier alpha value is -2.35. The topological polar surface area (TPSA) is 72.9 Å². The Balaban J connectivity index is 2.20. The van der Waals surface area contributed by atoms with E-state index in [1.54, 1.807) is 24.3 Å². The van der Waals surface area contributed by atoms with Crippen LogP contribution in [0.4, 0.5) is 13.2 Å². The van der Waals surface area contributed by atoms with Crippen LogP contribution in [0.1, 0.15) is 16.8 Å². The van der Waals surface area contributed by atoms with E-state index in [0.717, 1.165) is 6.07 Å². The smallest absolute Gasteiger partial charge is 0.294 e. The van der Waals surface area contributed by atoms with Crippen molar-refractivity contribution in [2.75, 3.05) is 0 Å². The third-order valence-electron chi connectivity index (χ3n) is 2.89. The maximum atomic E-state index is 12.5. The monoisotopic (exact) mass is 298 g/mol. The third kappa shape index (κ3) is 3.82. The van der Waals surface area contributed by atoms with E-state index < -0.39 is 11.9 Å². The second-order valence-corrected chi connectivity index (χ2v) is 4.41. The lowest BCUT2D eigenvalue weighted by Gasteiger charge is -2.09. The van der Waals surface area contributed by atoms with Gasteiger partial charge in [0.15, 0.2) is 5.69 Å². The minimum atomic E-state index is -4.47. The van der Waals surface area contributed by atoms with Crippen LogP contribution in [0, 0.1) is 0 Å². The standard InChI is InChI=1S/C13H13F3N4O/c14-13(15,16)11-5-6-20(19-11)8-10-4-2-1-3-9(10)7-12(21)18-17/h1-6H,7-8,17H2,(H,18,21). The lowest BCUT2D eigenvalue weighted by molar-refractivity contribution is -0.141. The van der Waals surface area contributed by atoms with Crippen LogP contribution in [0.3, 0.4) is 0 Å². The number of nitrogens with zero attached hydrogens (tertiary/aromatic N) is 2. The summed E-state index contributed by atoms with van der Waals surface area (Å²) in [4.78, 5) is 11.3. The van der Waals surface area contributed by atoms with Gasteiger partial charge in [-0.25, -0.2) is 5.84 Å². The molecule has 1 aromatic carbocycles. The highest BCUT2D eigenvalue weighted by molar-refractivity contribution is 5.78. The number of halogens is 3. The Kier molecular flexibility index (Phi) is 4.27. The van der Waals surface area contributed by atoms with Crippen LogP contribution in [0.2, 0.25) is 0 Å². The normalized spacial score (nSPS) is 11.4. The number of nitrogens with two attached hydrogens (primary N) is 1. The molecule has 0 spiro atoms. The highest BCUT2D eigenvalue weighted by Crippen LogP contribution is 2.27. The first-order valence-electron chi connectivity index (χ1n) is 6.07. The molecule has 21 heavy (non-hydrogen) atoms. The number of alkyl halides is 3. The molecule has 0 atom stereocenters. The van der Waals surface area contributed by atoms with E-state index in [-0.39, 0.29) is 18.9 Å². The fourth-order valence-corrected chi connectivity index (χ4v) is 1.88. The van der Waals surface area contributed by atoms with Gasteiger partial charge in [0.2, 0.25) is 5.91 Å². The van der Waals surface area contributed by atoms with Crippen molar-refractivity contribution in [2.45, 2.75) is 19.1 Å². The Morgan fingerprint density at radius 3 is 2.48 bits per heavy atom. The molecular formula is C13H13F3N4O. The van der Waals surface area contributed by atoms with E-state index in [1.807, 2.05) is 5.43 Å². The number of aromatic nitrogens is 2. The van der Waals surface area contributed by atoms with Crippen LogP contribution >= 0.6 is 0 Å². The minimum Gasteiger partial charge on any atom is -0.294 e. The Labute approximate surface area is 118 Å². The van der Waals surface area contributed by atoms with E-state index in [1.165, 1.54) is 10.9 Å². The van der Waals surface area contributed by atoms with Crippen LogP contribution in [-0.2, 0) is 23.9 Å². The molecule has 0 radical (unpaired) electrons. The van der Waals surface area contributed by atoms with Gasteiger partial charge in [-0.15, -0.1) is 0 Å². The molecule has 0 fully saturated rings. The van der Waals surface area contributed by atoms with Crippen LogP contribution in [-0.4, -0.2) is 15.7 Å². The molecule has 1 aromatic heterocycles. The highest BCUT2D eigenvalue weighted by Gasteiger charge is 2.33. The molecule has 0 aliphatic heterocycles. The quantitative estimate of drug-likeness (QED) is 0.510. The van der Waals surface area contributed by atoms with Crippen LogP contribution in [0.25, 0.3) is 0 Å². The number of amides is 1. The van der Waals surface area contributed by atoms with Crippen LogP contribution in [0.5, 0.6) is 0 Å². The molecule has 1 amide bonds. The highest BCUT2D eigenvalue weighted by atomic mass is 19.4. The summed E-state index contributed by atoms with van der Waals surface area (Å²) >= 11 is 0. The molecule has 3 N–H and O–H groups in total. The molecule has 0 unspecified atom stereocenters. The van der Waals surface area contributed by atoms with E-state index in [9.17, 15) is 18.0 Å². The maximum absolute atomic E-state index is 12.5. The van der Waals surface area contributed by atoms with Crippen molar-refractivity contribution < 1.29 is 18.0 Å². The van der Waals surface area contributed by atoms with Gasteiger partial charge >= 0.3 is 6.18 Å². The molecule has 0 aliphatic rings. The van der Waals surface area contributed by atoms with Gasteiger partial charge in [-0.3, -0.25) is 14.9 Å². The van der Waals surface area contributed by atoms with Crippen molar-refractivity contribution in [3.05, 3.63) is 53.3 Å². The van der Waals surface area contributed by atoms with E-state index >= 15 is 0 Å². The number of hydrogen-bond donors (Lipinski definition) is 2. The van der Waals surface area contributed by atoms with Crippen molar-refractivity contribution >= 4 is 5.91 Å². The molecule has 0 aliphatic carbocycles. The van der Waals surface area contributed by atoms with Crippen molar-refractivity contribution in [3.63, 3.8) is 0 Å². The van der Waals surface area contributed by atoms with Crippen LogP contribution in [0.15, 0.2) is 36.5 Å². The van der Waals surface area contributed by atoms with Gasteiger partial charge in [-0.1, -0.05) is 24.3 Å². The van der Waals surface area contributed by atoms with Crippen LogP contribution < -0.4 is 11.3 Å². The molecule has 0 saturated heterocycles. The molecule has 5 nitrogen and oxygen atoms in total. The van der Waals surface area contributed by atoms with Crippen molar-refractivity contribution in [1.29, 1.82) is 0 Å². The molecule has 8 heteroatoms. The summed E-state index contributed by atoms with van der Waals surface area (Å²) in [6.45, 7) is 0.143. The average Bonchev–Trinajstić information content (AvgIpc) is 2.89. The number of nitrogens with one attached hydrogen (secondary N) is 1. The molecule has 0 saturated carbocycles. The van der Waals surface area contributed by atoms with Gasteiger partial charge in [0.25, 0.3) is 0 Å². The molecule has 1 heterocycles. The number of carbonyl (C=O) groups is 1. The van der Waals surface area contributed by atoms with Gasteiger partial charge in [0.1, 0.15) is 0 Å². The third-order valence-corrected chi connectivity index (χ3v) is 2.89. The van der Waals surface area contributed by atoms with Crippen molar-refractivity contribution in [1.82, 2.24) is 15.2 Å². The predicted molar refractivity (Wildman–Crippen MR) is 68.8 cm³/mol. The zero-order chi connectivity index (χ0) is 15.5. The molecule has 0 bridgehead atoms. The molecular weight excluding hydrogens is 285 g/mol. The summed E-state index contributed by atoms with van der Waals surface area (Å²) in [5.74, 6) is 4.66. The lowest BCUT2D eigenvalue weighted by atomic mass is 10.0. The number of hydrogen-bond acceptors (Lipinski definition) is 3. The first-order chi connectivity index (χ1) is 9.90. The Morgan fingerprint density at radius 2 is 1.90 bits per heavy atom. The summed E-state index contributed by atoms with van der Waals surface area (Å²) < 4.78 is 38.7. The molecule has 112 valence electrons. The first-order valence-corrected chi connectivity index (χ1v) is 6.07. The van der Waals surface area contributed by atoms with Gasteiger partial charge in [0, 0.05) is 6.20 Å². The fourth-order valence-electron chi connectivity index (χ4n) is 1.88. The fraction of sp³-hybridized carbons (Fsp3) is 0.231. The molecule has 2 aromatic rings. The number of rotatable bonds is 4. The van der Waals surface area contributed by atoms with E-state index in [2.05, 4.69) is 5.10 Å². The minimum absolute atomic E-state index is 0.0556. The predicted octanol–water partition coefficient (Wildman–Crippen LogP) is 1.48. The number of hydrazine groups is 1. The average molecular weight is 298 g/mol. The van der Waals surface area contributed by atoms with E-state index in [4.69, 9.17) is 5.84 Å². The second-order valence-electron chi connectivity index (χ2n) is 4.41. The van der Waals surface area contributed by atoms with Gasteiger partial charge in [-0.05, 0) is 17.2 Å². The summed E-state index contributed by atoms with van der Waals surface area (Å²) in [6.07, 6.45) is -3.16. The zero-order valence-electron chi connectivity index (χ0n) is 10.9. The largest absolute Gasteiger partial charge is 0.435 e. The van der Waals surface area contributed by atoms with Gasteiger partial charge < -0.3 is 0 Å². The lowest BCUT2D eigenvalue weighted by Crippen LogP contribution is -2.31. The van der Waals surface area contributed by atoms with Crippen molar-refractivity contribution in [2.24, 2.45) is 5.84 Å². The maximum Gasteiger partial charge on any atom is 0.435 e. The zero-order valence-corrected chi connectivity index (χ0v) is 10.9. The SMILES string of the molecule is NNC(=O)Cc1ccccc1Cn1ccc(C(F)(F)F)n1. The molecule has 2 rings (SSSR count). The first kappa shape index (κ1) is 15.0. The van der Waals surface area contributed by atoms with E-state index in [0.29, 0.717) is 11.1 Å². The van der Waals surface area contributed by atoms with Gasteiger partial charge in [-0.2, -0.15) is 18.3 Å². The number of benzene rings is 1. The van der Waals surface area contributed by atoms with Crippen molar-refractivity contribution in [3.8, 4) is 0 Å². The number of carbonyl (C=O) groups excluding carboxylic acids is 1.